The van der Waals surface area contributed by atoms with Gasteiger partial charge in [0.05, 0.1) is 5.75 Å². The molecule has 3 saturated carbocycles. The second kappa shape index (κ2) is 7.43. The second-order valence-corrected chi connectivity index (χ2v) is 10.7. The van der Waals surface area contributed by atoms with Crippen molar-refractivity contribution in [2.45, 2.75) is 63.9 Å². The molecular weight excluding hydrogens is 376 g/mol. The van der Waals surface area contributed by atoms with Crippen LogP contribution in [0.1, 0.15) is 58.3 Å². The van der Waals surface area contributed by atoms with Crippen LogP contribution in [0.15, 0.2) is 11.6 Å². The van der Waals surface area contributed by atoms with Gasteiger partial charge in [-0.25, -0.2) is 0 Å². The zero-order valence-electron chi connectivity index (χ0n) is 16.5. The summed E-state index contributed by atoms with van der Waals surface area (Å²) in [7, 11) is 0. The van der Waals surface area contributed by atoms with Crippen molar-refractivity contribution in [3.63, 3.8) is 0 Å². The number of hydrogen-bond donors (Lipinski definition) is 1. The van der Waals surface area contributed by atoms with Crippen LogP contribution in [-0.2, 0) is 4.79 Å². The average molecular weight is 407 g/mol. The van der Waals surface area contributed by atoms with E-state index in [9.17, 15) is 9.90 Å². The summed E-state index contributed by atoms with van der Waals surface area (Å²) >= 11 is 7.25. The van der Waals surface area contributed by atoms with E-state index in [1.807, 2.05) is 6.26 Å². The molecule has 7 atom stereocenters. The lowest BCUT2D eigenvalue weighted by Crippen LogP contribution is -2.48. The van der Waals surface area contributed by atoms with Gasteiger partial charge in [0.1, 0.15) is 11.4 Å². The number of aliphatic hydroxyl groups is 1. The van der Waals surface area contributed by atoms with Crippen LogP contribution < -0.4 is 0 Å². The van der Waals surface area contributed by atoms with E-state index in [-0.39, 0.29) is 11.3 Å². The Morgan fingerprint density at radius 3 is 2.85 bits per heavy atom. The molecule has 27 heavy (non-hydrogen) atoms. The Labute approximate surface area is 172 Å². The molecule has 0 heterocycles. The molecule has 0 unspecified atom stereocenters. The molecule has 0 amide bonds. The van der Waals surface area contributed by atoms with Gasteiger partial charge in [0, 0.05) is 17.7 Å². The number of thioether (sulfide) groups is 1. The molecule has 3 fully saturated rings. The highest BCUT2D eigenvalue weighted by Gasteiger charge is 2.57. The first-order valence-corrected chi connectivity index (χ1v) is 12.2. The van der Waals surface area contributed by atoms with Crippen LogP contribution in [0.2, 0.25) is 0 Å². The smallest absolute Gasteiger partial charge is 0.146 e. The van der Waals surface area contributed by atoms with Crippen molar-refractivity contribution < 1.29 is 9.90 Å². The van der Waals surface area contributed by atoms with Crippen LogP contribution in [0, 0.1) is 46.3 Å². The Kier molecular flexibility index (Phi) is 5.47. The summed E-state index contributed by atoms with van der Waals surface area (Å²) < 4.78 is 0. The maximum Gasteiger partial charge on any atom is 0.146 e. The quantitative estimate of drug-likeness (QED) is 0.527. The van der Waals surface area contributed by atoms with Gasteiger partial charge in [-0.05, 0) is 91.9 Å². The maximum absolute atomic E-state index is 12.7. The summed E-state index contributed by atoms with van der Waals surface area (Å²) in [5, 5.41) is 13.1. The van der Waals surface area contributed by atoms with Gasteiger partial charge in [-0.2, -0.15) is 11.8 Å². The third kappa shape index (κ3) is 3.30. The van der Waals surface area contributed by atoms with Crippen molar-refractivity contribution in [2.24, 2.45) is 35.0 Å². The Morgan fingerprint density at radius 2 is 2.11 bits per heavy atom. The number of ketones is 1. The molecule has 0 saturated heterocycles. The molecule has 0 aliphatic heterocycles. The van der Waals surface area contributed by atoms with Crippen LogP contribution in [0.25, 0.3) is 0 Å². The second-order valence-electron chi connectivity index (χ2n) is 9.60. The van der Waals surface area contributed by atoms with Gasteiger partial charge in [-0.15, -0.1) is 0 Å². The molecule has 1 N–H and O–H groups in total. The summed E-state index contributed by atoms with van der Waals surface area (Å²) in [6.45, 7) is 2.42. The molecule has 0 spiro atoms. The monoisotopic (exact) mass is 406 g/mol. The largest absolute Gasteiger partial charge is 0.377 e. The molecule has 0 aromatic rings. The van der Waals surface area contributed by atoms with Gasteiger partial charge in [0.2, 0.25) is 0 Å². The van der Waals surface area contributed by atoms with E-state index in [0.717, 1.165) is 37.5 Å². The lowest BCUT2D eigenvalue weighted by Gasteiger charge is -2.54. The van der Waals surface area contributed by atoms with Crippen molar-refractivity contribution in [3.05, 3.63) is 11.6 Å². The predicted octanol–water partition coefficient (Wildman–Crippen LogP) is 5.04. The van der Waals surface area contributed by atoms with Gasteiger partial charge >= 0.3 is 0 Å². The highest BCUT2D eigenvalue weighted by atomic mass is 35.5. The van der Waals surface area contributed by atoms with E-state index in [1.165, 1.54) is 24.8 Å². The topological polar surface area (TPSA) is 37.3 Å². The molecule has 4 aliphatic rings. The molecular formula is C23H31ClO2S. The van der Waals surface area contributed by atoms with Crippen LogP contribution in [0.3, 0.4) is 0 Å². The number of hydrogen-bond acceptors (Lipinski definition) is 3. The normalized spacial score (nSPS) is 45.6. The number of carbonyl (C=O) groups excluding carboxylic acids is 1. The maximum atomic E-state index is 12.7. The highest BCUT2D eigenvalue weighted by Crippen LogP contribution is 2.63. The minimum atomic E-state index is -0.928. The third-order valence-corrected chi connectivity index (χ3v) is 9.13. The molecule has 0 aromatic heterocycles. The SMILES string of the molecule is CSCC(=O)[C@H]1CC[C@H]2[C@@H]3CC=C4C[C@](O)(C#CCl)CC[C@@H]4[C@H]3CC[C@]12C. The van der Waals surface area contributed by atoms with Crippen molar-refractivity contribution in [1.82, 2.24) is 0 Å². The van der Waals surface area contributed by atoms with Gasteiger partial charge in [-0.1, -0.05) is 24.5 Å². The van der Waals surface area contributed by atoms with Crippen molar-refractivity contribution in [2.75, 3.05) is 12.0 Å². The predicted molar refractivity (Wildman–Crippen MR) is 113 cm³/mol. The molecule has 0 bridgehead atoms. The van der Waals surface area contributed by atoms with E-state index in [0.29, 0.717) is 29.8 Å². The van der Waals surface area contributed by atoms with Gasteiger partial charge in [0.25, 0.3) is 0 Å². The summed E-state index contributed by atoms with van der Waals surface area (Å²) in [5.41, 5.74) is 0.697. The fourth-order valence-corrected chi connectivity index (χ4v) is 7.92. The van der Waals surface area contributed by atoms with Crippen LogP contribution in [-0.4, -0.2) is 28.5 Å². The van der Waals surface area contributed by atoms with Crippen molar-refractivity contribution in [3.8, 4) is 11.3 Å². The first-order valence-electron chi connectivity index (χ1n) is 10.5. The number of carbonyl (C=O) groups is 1. The lowest BCUT2D eigenvalue weighted by molar-refractivity contribution is -0.126. The van der Waals surface area contributed by atoms with E-state index in [2.05, 4.69) is 24.3 Å². The standard InChI is InChI=1S/C23H31ClO2S/c1-22-9-7-17-16-8-10-23(26,11-12-24)13-15(16)3-4-18(17)19(22)5-6-20(22)21(25)14-27-2/h3,16-20,26H,4-10,13-14H2,1-2H3/t16-,17+,18+,19-,20+,22-,23+/m0/s1. The zero-order chi connectivity index (χ0) is 19.2. The van der Waals surface area contributed by atoms with E-state index in [4.69, 9.17) is 11.6 Å². The van der Waals surface area contributed by atoms with E-state index >= 15 is 0 Å². The summed E-state index contributed by atoms with van der Waals surface area (Å²) in [4.78, 5) is 12.7. The summed E-state index contributed by atoms with van der Waals surface area (Å²) in [6.07, 6.45) is 12.7. The average Bonchev–Trinajstić information content (AvgIpc) is 2.98. The van der Waals surface area contributed by atoms with Crippen LogP contribution in [0.5, 0.6) is 0 Å². The molecule has 0 aromatic carbocycles. The van der Waals surface area contributed by atoms with Gasteiger partial charge in [-0.3, -0.25) is 4.79 Å². The lowest BCUT2D eigenvalue weighted by atomic mass is 9.51. The first kappa shape index (κ1) is 19.9. The van der Waals surface area contributed by atoms with Gasteiger partial charge in [0.15, 0.2) is 0 Å². The number of allylic oxidation sites excluding steroid dienone is 1. The summed E-state index contributed by atoms with van der Waals surface area (Å²) in [5.74, 6) is 7.00. The molecule has 4 aliphatic carbocycles. The zero-order valence-corrected chi connectivity index (χ0v) is 18.0. The van der Waals surface area contributed by atoms with E-state index < -0.39 is 5.60 Å². The Balaban J connectivity index is 1.55. The fourth-order valence-electron chi connectivity index (χ4n) is 7.26. The fraction of sp³-hybridized carbons (Fsp3) is 0.783. The third-order valence-electron chi connectivity index (χ3n) is 8.46. The highest BCUT2D eigenvalue weighted by molar-refractivity contribution is 7.99. The van der Waals surface area contributed by atoms with Crippen LogP contribution >= 0.6 is 23.4 Å². The number of fused-ring (bicyclic) bond motifs is 5. The molecule has 148 valence electrons. The molecule has 0 radical (unpaired) electrons. The minimum absolute atomic E-state index is 0.207. The number of Topliss-reactive ketones (excluding diaryl/α,β-unsaturated/α-hetero) is 1. The summed E-state index contributed by atoms with van der Waals surface area (Å²) in [6, 6.07) is 0. The minimum Gasteiger partial charge on any atom is -0.377 e. The molecule has 4 heteroatoms. The molecule has 4 rings (SSSR count). The molecule has 2 nitrogen and oxygen atoms in total. The first-order chi connectivity index (χ1) is 12.9. The van der Waals surface area contributed by atoms with Crippen molar-refractivity contribution >= 4 is 29.1 Å². The van der Waals surface area contributed by atoms with Crippen LogP contribution in [0.4, 0.5) is 0 Å². The Hall–Kier alpha value is -0.430. The number of halogens is 1. The Bertz CT molecular complexity index is 707. The van der Waals surface area contributed by atoms with Crippen molar-refractivity contribution in [1.29, 1.82) is 0 Å². The van der Waals surface area contributed by atoms with E-state index in [1.54, 1.807) is 11.8 Å². The number of rotatable bonds is 3. The van der Waals surface area contributed by atoms with Gasteiger partial charge < -0.3 is 5.11 Å². The Morgan fingerprint density at radius 1 is 1.30 bits per heavy atom.